The summed E-state index contributed by atoms with van der Waals surface area (Å²) in [6.07, 6.45) is -5.02. The monoisotopic (exact) mass is 434 g/mol. The highest BCUT2D eigenvalue weighted by atomic mass is 19.4. The molecule has 2 heterocycles. The number of alkyl halides is 3. The average Bonchev–Trinajstić information content (AvgIpc) is 3.22. The third kappa shape index (κ3) is 4.35. The van der Waals surface area contributed by atoms with Crippen LogP contribution in [0, 0.1) is 6.92 Å². The molecule has 0 radical (unpaired) electrons. The van der Waals surface area contributed by atoms with E-state index in [-0.39, 0.29) is 24.5 Å². The van der Waals surface area contributed by atoms with Crippen LogP contribution in [-0.2, 0) is 17.9 Å². The number of fused-ring (bicyclic) bond motifs is 1. The third-order valence-corrected chi connectivity index (χ3v) is 5.13. The fourth-order valence-electron chi connectivity index (χ4n) is 3.77. The lowest BCUT2D eigenvalue weighted by molar-refractivity contribution is -0.274. The Balaban J connectivity index is 1.51. The van der Waals surface area contributed by atoms with Gasteiger partial charge < -0.3 is 14.5 Å². The fourth-order valence-corrected chi connectivity index (χ4v) is 3.77. The largest absolute Gasteiger partial charge is 0.573 e. The van der Waals surface area contributed by atoms with Gasteiger partial charge in [-0.05, 0) is 54.9 Å². The van der Waals surface area contributed by atoms with Crippen molar-refractivity contribution >= 4 is 11.8 Å². The molecule has 1 unspecified atom stereocenters. The van der Waals surface area contributed by atoms with Crippen LogP contribution in [0.2, 0.25) is 0 Å². The number of rotatable bonds is 5. The zero-order valence-electron chi connectivity index (χ0n) is 17.2. The summed E-state index contributed by atoms with van der Waals surface area (Å²) in [5.41, 5.74) is 3.80. The molecule has 0 saturated carbocycles. The Hall–Kier alpha value is -3.11. The maximum absolute atomic E-state index is 12.9. The van der Waals surface area contributed by atoms with Crippen molar-refractivity contribution < 1.29 is 27.5 Å². The van der Waals surface area contributed by atoms with Crippen molar-refractivity contribution in [3.05, 3.63) is 64.2 Å². The molecule has 0 aliphatic carbocycles. The molecule has 0 bridgehead atoms. The normalized spacial score (nSPS) is 18.8. The summed E-state index contributed by atoms with van der Waals surface area (Å²) in [6.45, 7) is 2.53. The molecular weight excluding hydrogens is 413 g/mol. The first-order valence-corrected chi connectivity index (χ1v) is 9.58. The number of amides is 1. The lowest BCUT2D eigenvalue weighted by Crippen LogP contribution is -2.35. The van der Waals surface area contributed by atoms with Gasteiger partial charge in [-0.1, -0.05) is 12.1 Å². The molecule has 1 atom stereocenters. The van der Waals surface area contributed by atoms with Crippen molar-refractivity contribution in [3.8, 4) is 5.75 Å². The van der Waals surface area contributed by atoms with Crippen LogP contribution in [0.1, 0.15) is 32.6 Å². The number of halogens is 3. The van der Waals surface area contributed by atoms with Crippen LogP contribution in [0.3, 0.4) is 0 Å². The van der Waals surface area contributed by atoms with Crippen LogP contribution in [0.15, 0.2) is 41.4 Å². The summed E-state index contributed by atoms with van der Waals surface area (Å²) in [5, 5.41) is 4.62. The van der Waals surface area contributed by atoms with Gasteiger partial charge in [0.2, 0.25) is 5.90 Å². The highest BCUT2D eigenvalue weighted by Gasteiger charge is 2.33. The highest BCUT2D eigenvalue weighted by Crippen LogP contribution is 2.30. The first-order chi connectivity index (χ1) is 14.6. The summed E-state index contributed by atoms with van der Waals surface area (Å²) in [4.78, 5) is 24.8. The predicted octanol–water partition coefficient (Wildman–Crippen LogP) is 3.18. The Labute approximate surface area is 177 Å². The molecule has 4 rings (SSSR count). The molecule has 1 N–H and O–H groups in total. The zero-order chi connectivity index (χ0) is 22.3. The standard InChI is InChI=1S/C21H21F3N4O3/c1-12-8-14(18-26-20(25-2)27(3)31-18)9-15-11-28(19(29)17(12)15)10-13-4-6-16(7-5-13)30-21(22,23)24/h4-9,20,25H,10-11H2,1-3H3. The van der Waals surface area contributed by atoms with E-state index in [1.54, 1.807) is 24.1 Å². The van der Waals surface area contributed by atoms with Crippen molar-refractivity contribution in [2.45, 2.75) is 32.7 Å². The van der Waals surface area contributed by atoms with Gasteiger partial charge in [0.1, 0.15) is 5.75 Å². The van der Waals surface area contributed by atoms with Gasteiger partial charge in [0.05, 0.1) is 0 Å². The number of aliphatic imine (C=N–C) groups is 1. The molecule has 0 fully saturated rings. The molecular formula is C21H21F3N4O3. The number of carbonyl (C=O) groups excluding carboxylic acids is 1. The van der Waals surface area contributed by atoms with Gasteiger partial charge in [-0.3, -0.25) is 10.1 Å². The Morgan fingerprint density at radius 2 is 1.97 bits per heavy atom. The van der Waals surface area contributed by atoms with E-state index in [0.717, 1.165) is 16.7 Å². The number of nitrogens with zero attached hydrogens (tertiary/aromatic N) is 3. The van der Waals surface area contributed by atoms with Gasteiger partial charge in [0.25, 0.3) is 5.91 Å². The third-order valence-electron chi connectivity index (χ3n) is 5.13. The molecule has 31 heavy (non-hydrogen) atoms. The molecule has 1 amide bonds. The quantitative estimate of drug-likeness (QED) is 0.783. The van der Waals surface area contributed by atoms with E-state index < -0.39 is 6.36 Å². The topological polar surface area (TPSA) is 66.4 Å². The first-order valence-electron chi connectivity index (χ1n) is 9.58. The number of benzene rings is 2. The minimum Gasteiger partial charge on any atom is -0.406 e. The Bertz CT molecular complexity index is 1040. The Morgan fingerprint density at radius 3 is 2.58 bits per heavy atom. The van der Waals surface area contributed by atoms with E-state index in [2.05, 4.69) is 15.0 Å². The van der Waals surface area contributed by atoms with Crippen molar-refractivity contribution in [1.82, 2.24) is 15.3 Å². The zero-order valence-corrected chi connectivity index (χ0v) is 17.2. The number of ether oxygens (including phenoxy) is 1. The number of nitrogens with one attached hydrogen (secondary N) is 1. The summed E-state index contributed by atoms with van der Waals surface area (Å²) >= 11 is 0. The molecule has 0 spiro atoms. The van der Waals surface area contributed by atoms with Gasteiger partial charge >= 0.3 is 6.36 Å². The number of hydrogen-bond acceptors (Lipinski definition) is 6. The maximum Gasteiger partial charge on any atom is 0.573 e. The van der Waals surface area contributed by atoms with E-state index in [1.165, 1.54) is 24.3 Å². The van der Waals surface area contributed by atoms with Gasteiger partial charge in [-0.25, -0.2) is 4.99 Å². The molecule has 2 aromatic rings. The second-order valence-corrected chi connectivity index (χ2v) is 7.41. The molecule has 0 saturated heterocycles. The predicted molar refractivity (Wildman–Crippen MR) is 106 cm³/mol. The van der Waals surface area contributed by atoms with Crippen molar-refractivity contribution in [2.24, 2.45) is 4.99 Å². The van der Waals surface area contributed by atoms with Crippen molar-refractivity contribution in [1.29, 1.82) is 0 Å². The average molecular weight is 434 g/mol. The van der Waals surface area contributed by atoms with Crippen LogP contribution in [0.25, 0.3) is 0 Å². The van der Waals surface area contributed by atoms with Crippen LogP contribution >= 0.6 is 0 Å². The molecule has 2 aromatic carbocycles. The molecule has 2 aliphatic heterocycles. The molecule has 0 aromatic heterocycles. The van der Waals surface area contributed by atoms with E-state index in [9.17, 15) is 18.0 Å². The van der Waals surface area contributed by atoms with E-state index in [1.807, 2.05) is 19.1 Å². The minimum absolute atomic E-state index is 0.117. The van der Waals surface area contributed by atoms with Crippen molar-refractivity contribution in [2.75, 3.05) is 14.1 Å². The van der Waals surface area contributed by atoms with E-state index in [0.29, 0.717) is 23.6 Å². The summed E-state index contributed by atoms with van der Waals surface area (Å²) in [5.74, 6) is 0.0584. The summed E-state index contributed by atoms with van der Waals surface area (Å²) < 4.78 is 40.8. The molecule has 10 heteroatoms. The minimum atomic E-state index is -4.74. The second-order valence-electron chi connectivity index (χ2n) is 7.41. The number of carbonyl (C=O) groups is 1. The Morgan fingerprint density at radius 1 is 1.26 bits per heavy atom. The van der Waals surface area contributed by atoms with Crippen LogP contribution in [0.4, 0.5) is 13.2 Å². The van der Waals surface area contributed by atoms with Crippen LogP contribution in [-0.4, -0.2) is 48.5 Å². The number of hydroxylamine groups is 2. The molecule has 7 nitrogen and oxygen atoms in total. The lowest BCUT2D eigenvalue weighted by Gasteiger charge is -2.16. The highest BCUT2D eigenvalue weighted by molar-refractivity contribution is 6.02. The van der Waals surface area contributed by atoms with Crippen LogP contribution in [0.5, 0.6) is 5.75 Å². The summed E-state index contributed by atoms with van der Waals surface area (Å²) in [6, 6.07) is 9.28. The lowest BCUT2D eigenvalue weighted by atomic mass is 10.0. The fraction of sp³-hybridized carbons (Fsp3) is 0.333. The van der Waals surface area contributed by atoms with Gasteiger partial charge in [0.15, 0.2) is 6.29 Å². The van der Waals surface area contributed by atoms with Gasteiger partial charge in [-0.15, -0.1) is 18.2 Å². The Kier molecular flexibility index (Phi) is 5.36. The smallest absolute Gasteiger partial charge is 0.406 e. The maximum atomic E-state index is 12.9. The number of aryl methyl sites for hydroxylation is 1. The number of hydrogen-bond donors (Lipinski definition) is 1. The first kappa shape index (κ1) is 21.1. The second kappa shape index (κ2) is 7.86. The van der Waals surface area contributed by atoms with Gasteiger partial charge in [-0.2, -0.15) is 0 Å². The molecule has 164 valence electrons. The molecule has 2 aliphatic rings. The van der Waals surface area contributed by atoms with E-state index in [4.69, 9.17) is 4.84 Å². The SMILES string of the molecule is CNC1N=C(c2cc(C)c3c(c2)CN(Cc2ccc(OC(F)(F)F)cc2)C3=O)ON1C. The van der Waals surface area contributed by atoms with Crippen LogP contribution < -0.4 is 10.1 Å². The van der Waals surface area contributed by atoms with Gasteiger partial charge in [0, 0.05) is 31.3 Å². The summed E-state index contributed by atoms with van der Waals surface area (Å²) in [7, 11) is 3.55. The van der Waals surface area contributed by atoms with Crippen molar-refractivity contribution in [3.63, 3.8) is 0 Å². The van der Waals surface area contributed by atoms with E-state index >= 15 is 0 Å².